The van der Waals surface area contributed by atoms with Crippen LogP contribution in [0.5, 0.6) is 5.75 Å². The van der Waals surface area contributed by atoms with E-state index in [1.54, 1.807) is 4.68 Å². The third-order valence-electron chi connectivity index (χ3n) is 4.03. The first-order chi connectivity index (χ1) is 14.1. The van der Waals surface area contributed by atoms with Gasteiger partial charge in [0.05, 0.1) is 24.4 Å². The number of aromatic amines is 1. The molecule has 2 heterocycles. The molecular weight excluding hydrogens is 522 g/mol. The average Bonchev–Trinajstić information content (AvgIpc) is 3.13. The van der Waals surface area contributed by atoms with Crippen LogP contribution in [0, 0.1) is 0 Å². The number of halogens is 2. The Kier molecular flexibility index (Phi) is 6.31. The van der Waals surface area contributed by atoms with Crippen molar-refractivity contribution in [2.75, 3.05) is 12.4 Å². The molecule has 4 rings (SSSR count). The maximum atomic E-state index is 12.3. The van der Waals surface area contributed by atoms with Crippen molar-refractivity contribution in [3.8, 4) is 5.75 Å². The molecular formula is C19H15Br2N5O2S. The Morgan fingerprint density at radius 2 is 1.90 bits per heavy atom. The Balaban J connectivity index is 1.44. The van der Waals surface area contributed by atoms with Crippen molar-refractivity contribution in [2.24, 2.45) is 0 Å². The summed E-state index contributed by atoms with van der Waals surface area (Å²) in [6.45, 7) is 0.836. The highest BCUT2D eigenvalue weighted by atomic mass is 79.9. The van der Waals surface area contributed by atoms with E-state index in [2.05, 4.69) is 52.1 Å². The lowest BCUT2D eigenvalue weighted by atomic mass is 10.3. The van der Waals surface area contributed by atoms with Gasteiger partial charge in [0.1, 0.15) is 15.7 Å². The molecule has 1 N–H and O–H groups in total. The fraction of sp³-hybridized carbons (Fsp3) is 0.158. The van der Waals surface area contributed by atoms with Crippen LogP contribution in [-0.4, -0.2) is 37.3 Å². The molecule has 7 nitrogen and oxygen atoms in total. The van der Waals surface area contributed by atoms with Gasteiger partial charge in [0.2, 0.25) is 0 Å². The van der Waals surface area contributed by atoms with E-state index in [0.29, 0.717) is 34.2 Å². The molecule has 0 unspecified atom stereocenters. The molecule has 0 amide bonds. The van der Waals surface area contributed by atoms with Crippen LogP contribution in [0.3, 0.4) is 0 Å². The Labute approximate surface area is 187 Å². The van der Waals surface area contributed by atoms with Gasteiger partial charge in [0.25, 0.3) is 5.56 Å². The van der Waals surface area contributed by atoms with Gasteiger partial charge in [-0.3, -0.25) is 4.79 Å². The summed E-state index contributed by atoms with van der Waals surface area (Å²) >= 11 is 8.16. The van der Waals surface area contributed by atoms with Gasteiger partial charge in [0.15, 0.2) is 5.16 Å². The highest BCUT2D eigenvalue weighted by Crippen LogP contribution is 2.20. The van der Waals surface area contributed by atoms with E-state index in [1.807, 2.05) is 48.5 Å². The van der Waals surface area contributed by atoms with Crippen molar-refractivity contribution >= 4 is 54.7 Å². The first kappa shape index (κ1) is 20.1. The standard InChI is InChI=1S/C19H15Br2N5O2S/c20-12-5-7-13(8-6-12)28-9-10-29-19-22-15(17(21)18(27)23-19)11-26-16-4-2-1-3-14(16)24-25-26/h1-8H,9-11H2,(H,22,23,27). The van der Waals surface area contributed by atoms with Gasteiger partial charge < -0.3 is 9.72 Å². The second-order valence-corrected chi connectivity index (χ2v) is 8.81. The lowest BCUT2D eigenvalue weighted by molar-refractivity contribution is 0.344. The lowest BCUT2D eigenvalue weighted by Gasteiger charge is -2.08. The molecule has 10 heteroatoms. The summed E-state index contributed by atoms with van der Waals surface area (Å²) in [5, 5.41) is 8.85. The molecule has 0 fully saturated rings. The fourth-order valence-electron chi connectivity index (χ4n) is 2.66. The molecule has 0 aliphatic rings. The topological polar surface area (TPSA) is 85.7 Å². The number of benzene rings is 2. The number of H-pyrrole nitrogens is 1. The lowest BCUT2D eigenvalue weighted by Crippen LogP contribution is -2.16. The molecule has 0 aliphatic heterocycles. The van der Waals surface area contributed by atoms with Crippen LogP contribution in [0.15, 0.2) is 67.4 Å². The van der Waals surface area contributed by atoms with E-state index in [4.69, 9.17) is 4.74 Å². The predicted molar refractivity (Wildman–Crippen MR) is 120 cm³/mol. The van der Waals surface area contributed by atoms with Crippen LogP contribution < -0.4 is 10.3 Å². The molecule has 0 spiro atoms. The van der Waals surface area contributed by atoms with Gasteiger partial charge in [0, 0.05) is 10.2 Å². The highest BCUT2D eigenvalue weighted by molar-refractivity contribution is 9.10. The third kappa shape index (κ3) is 4.88. The molecule has 148 valence electrons. The van der Waals surface area contributed by atoms with E-state index < -0.39 is 0 Å². The number of para-hydroxylation sites is 1. The maximum absolute atomic E-state index is 12.3. The van der Waals surface area contributed by atoms with Crippen LogP contribution in [-0.2, 0) is 6.54 Å². The summed E-state index contributed by atoms with van der Waals surface area (Å²) < 4.78 is 8.84. The summed E-state index contributed by atoms with van der Waals surface area (Å²) in [6.07, 6.45) is 0. The van der Waals surface area contributed by atoms with Crippen LogP contribution in [0.4, 0.5) is 0 Å². The molecule has 4 aromatic rings. The van der Waals surface area contributed by atoms with E-state index >= 15 is 0 Å². The van der Waals surface area contributed by atoms with Gasteiger partial charge in [-0.05, 0) is 52.3 Å². The molecule has 0 atom stereocenters. The number of hydrogen-bond donors (Lipinski definition) is 1. The van der Waals surface area contributed by atoms with E-state index in [0.717, 1.165) is 21.3 Å². The Morgan fingerprint density at radius 1 is 1.10 bits per heavy atom. The van der Waals surface area contributed by atoms with Crippen LogP contribution >= 0.6 is 43.6 Å². The summed E-state index contributed by atoms with van der Waals surface area (Å²) in [7, 11) is 0. The molecule has 0 bridgehead atoms. The zero-order chi connectivity index (χ0) is 20.2. The largest absolute Gasteiger partial charge is 0.493 e. The Hall–Kier alpha value is -2.17. The Bertz CT molecular complexity index is 1190. The quantitative estimate of drug-likeness (QED) is 0.216. The van der Waals surface area contributed by atoms with Crippen molar-refractivity contribution < 1.29 is 4.74 Å². The first-order valence-corrected chi connectivity index (χ1v) is 11.3. The van der Waals surface area contributed by atoms with Gasteiger partial charge >= 0.3 is 0 Å². The normalized spacial score (nSPS) is 11.1. The van der Waals surface area contributed by atoms with Gasteiger partial charge in [-0.1, -0.05) is 45.0 Å². The van der Waals surface area contributed by atoms with Crippen LogP contribution in [0.25, 0.3) is 11.0 Å². The number of ether oxygens (including phenoxy) is 1. The summed E-state index contributed by atoms with van der Waals surface area (Å²) in [6, 6.07) is 15.3. The molecule has 0 aliphatic carbocycles. The highest BCUT2D eigenvalue weighted by Gasteiger charge is 2.13. The zero-order valence-corrected chi connectivity index (χ0v) is 19.0. The number of nitrogens with one attached hydrogen (secondary N) is 1. The molecule has 2 aromatic heterocycles. The van der Waals surface area contributed by atoms with Crippen molar-refractivity contribution in [1.29, 1.82) is 0 Å². The molecule has 0 radical (unpaired) electrons. The maximum Gasteiger partial charge on any atom is 0.266 e. The van der Waals surface area contributed by atoms with E-state index in [9.17, 15) is 4.79 Å². The summed E-state index contributed by atoms with van der Waals surface area (Å²) in [5.41, 5.74) is 2.06. The predicted octanol–water partition coefficient (Wildman–Crippen LogP) is 4.26. The molecule has 0 saturated carbocycles. The fourth-order valence-corrected chi connectivity index (χ4v) is 3.94. The summed E-state index contributed by atoms with van der Waals surface area (Å²) in [5.74, 6) is 1.44. The van der Waals surface area contributed by atoms with Crippen molar-refractivity contribution in [2.45, 2.75) is 11.7 Å². The van der Waals surface area contributed by atoms with Gasteiger partial charge in [-0.15, -0.1) is 5.10 Å². The average molecular weight is 537 g/mol. The molecule has 2 aromatic carbocycles. The number of fused-ring (bicyclic) bond motifs is 1. The summed E-state index contributed by atoms with van der Waals surface area (Å²) in [4.78, 5) is 19.7. The SMILES string of the molecule is O=c1[nH]c(SCCOc2ccc(Br)cc2)nc(Cn2nnc3ccccc32)c1Br. The van der Waals surface area contributed by atoms with Crippen molar-refractivity contribution in [1.82, 2.24) is 25.0 Å². The molecule has 0 saturated heterocycles. The smallest absolute Gasteiger partial charge is 0.266 e. The number of hydrogen-bond acceptors (Lipinski definition) is 6. The minimum atomic E-state index is -0.226. The van der Waals surface area contributed by atoms with Crippen LogP contribution in [0.2, 0.25) is 0 Å². The number of aromatic nitrogens is 5. The minimum absolute atomic E-state index is 0.226. The number of nitrogens with zero attached hydrogens (tertiary/aromatic N) is 4. The minimum Gasteiger partial charge on any atom is -0.493 e. The van der Waals surface area contributed by atoms with Crippen molar-refractivity contribution in [3.05, 3.63) is 73.5 Å². The number of thioether (sulfide) groups is 1. The van der Waals surface area contributed by atoms with Crippen molar-refractivity contribution in [3.63, 3.8) is 0 Å². The monoisotopic (exact) mass is 535 g/mol. The Morgan fingerprint density at radius 3 is 2.72 bits per heavy atom. The first-order valence-electron chi connectivity index (χ1n) is 8.68. The number of rotatable bonds is 7. The second-order valence-electron chi connectivity index (χ2n) is 6.02. The van der Waals surface area contributed by atoms with Crippen LogP contribution in [0.1, 0.15) is 5.69 Å². The van der Waals surface area contributed by atoms with Gasteiger partial charge in [-0.25, -0.2) is 9.67 Å². The van der Waals surface area contributed by atoms with E-state index in [1.165, 1.54) is 11.8 Å². The zero-order valence-electron chi connectivity index (χ0n) is 15.0. The third-order valence-corrected chi connectivity index (χ3v) is 6.22. The molecule has 29 heavy (non-hydrogen) atoms. The van der Waals surface area contributed by atoms with Gasteiger partial charge in [-0.2, -0.15) is 0 Å². The second kappa shape index (κ2) is 9.10. The van der Waals surface area contributed by atoms with E-state index in [-0.39, 0.29) is 5.56 Å².